The van der Waals surface area contributed by atoms with Crippen LogP contribution in [0.25, 0.3) is 0 Å². The molecule has 1 amide bonds. The number of amides is 1. The van der Waals surface area contributed by atoms with Crippen LogP contribution >= 0.6 is 0 Å². The Labute approximate surface area is 149 Å². The highest BCUT2D eigenvalue weighted by Gasteiger charge is 2.41. The zero-order valence-corrected chi connectivity index (χ0v) is 15.7. The standard InChI is InChI=1S/C18H26N2O4S/c1-11(2)19-18(21)15-10-14(6-7-17(15)24-3)25(22,23)20-16-9-12-4-5-13(16)8-12/h6-7,10-13,16,20H,4-5,8-9H2,1-3H3,(H,19,21)/t12-,13-,16-/m1/s1. The molecule has 6 nitrogen and oxygen atoms in total. The summed E-state index contributed by atoms with van der Waals surface area (Å²) in [5.74, 6) is 1.11. The Morgan fingerprint density at radius 3 is 2.56 bits per heavy atom. The molecule has 7 heteroatoms. The SMILES string of the molecule is COc1ccc(S(=O)(=O)N[C@@H]2C[C@@H]3CC[C@@H]2C3)cc1C(=O)NC(C)C. The number of sulfonamides is 1. The third-order valence-corrected chi connectivity index (χ3v) is 6.68. The molecule has 0 heterocycles. The van der Waals surface area contributed by atoms with Crippen molar-refractivity contribution < 1.29 is 17.9 Å². The summed E-state index contributed by atoms with van der Waals surface area (Å²) in [4.78, 5) is 12.5. The molecule has 3 rings (SSSR count). The smallest absolute Gasteiger partial charge is 0.255 e. The summed E-state index contributed by atoms with van der Waals surface area (Å²) >= 11 is 0. The number of carbonyl (C=O) groups excluding carboxylic acids is 1. The zero-order chi connectivity index (χ0) is 18.2. The van der Waals surface area contributed by atoms with E-state index in [4.69, 9.17) is 4.74 Å². The van der Waals surface area contributed by atoms with Crippen molar-refractivity contribution in [2.45, 2.75) is 56.5 Å². The van der Waals surface area contributed by atoms with Crippen LogP contribution in [0.15, 0.2) is 23.1 Å². The van der Waals surface area contributed by atoms with Gasteiger partial charge in [-0.2, -0.15) is 0 Å². The van der Waals surface area contributed by atoms with Crippen molar-refractivity contribution >= 4 is 15.9 Å². The van der Waals surface area contributed by atoms with Gasteiger partial charge in [-0.3, -0.25) is 4.79 Å². The Hall–Kier alpha value is -1.60. The van der Waals surface area contributed by atoms with Crippen molar-refractivity contribution in [3.8, 4) is 5.75 Å². The van der Waals surface area contributed by atoms with Crippen LogP contribution in [0.1, 0.15) is 49.9 Å². The molecule has 0 unspecified atom stereocenters. The van der Waals surface area contributed by atoms with Gasteiger partial charge in [0.05, 0.1) is 17.6 Å². The van der Waals surface area contributed by atoms with E-state index in [9.17, 15) is 13.2 Å². The average molecular weight is 366 g/mol. The van der Waals surface area contributed by atoms with E-state index < -0.39 is 10.0 Å². The monoisotopic (exact) mass is 366 g/mol. The lowest BCUT2D eigenvalue weighted by molar-refractivity contribution is 0.0940. The molecule has 25 heavy (non-hydrogen) atoms. The number of rotatable bonds is 6. The van der Waals surface area contributed by atoms with Gasteiger partial charge in [-0.15, -0.1) is 0 Å². The molecule has 0 aliphatic heterocycles. The maximum absolute atomic E-state index is 12.8. The predicted molar refractivity (Wildman–Crippen MR) is 95.2 cm³/mol. The maximum atomic E-state index is 12.8. The van der Waals surface area contributed by atoms with Crippen LogP contribution in [-0.4, -0.2) is 33.5 Å². The van der Waals surface area contributed by atoms with Crippen LogP contribution in [0.2, 0.25) is 0 Å². The van der Waals surface area contributed by atoms with E-state index in [0.29, 0.717) is 17.6 Å². The van der Waals surface area contributed by atoms with Crippen LogP contribution in [0.5, 0.6) is 5.75 Å². The van der Waals surface area contributed by atoms with Gasteiger partial charge in [0.25, 0.3) is 5.91 Å². The lowest BCUT2D eigenvalue weighted by Crippen LogP contribution is -2.38. The number of hydrogen-bond acceptors (Lipinski definition) is 4. The fourth-order valence-corrected chi connectivity index (χ4v) is 5.37. The Morgan fingerprint density at radius 1 is 1.24 bits per heavy atom. The number of nitrogens with one attached hydrogen (secondary N) is 2. The second-order valence-corrected chi connectivity index (χ2v) is 9.11. The van der Waals surface area contributed by atoms with E-state index in [0.717, 1.165) is 19.3 Å². The van der Waals surface area contributed by atoms with E-state index in [-0.39, 0.29) is 28.4 Å². The second-order valence-electron chi connectivity index (χ2n) is 7.39. The lowest BCUT2D eigenvalue weighted by Gasteiger charge is -2.23. The highest BCUT2D eigenvalue weighted by molar-refractivity contribution is 7.89. The minimum atomic E-state index is -3.66. The summed E-state index contributed by atoms with van der Waals surface area (Å²) in [5.41, 5.74) is 0.229. The van der Waals surface area contributed by atoms with Crippen molar-refractivity contribution in [2.24, 2.45) is 11.8 Å². The van der Waals surface area contributed by atoms with E-state index in [1.165, 1.54) is 31.7 Å². The summed E-state index contributed by atoms with van der Waals surface area (Å²) in [5, 5.41) is 2.77. The molecule has 138 valence electrons. The van der Waals surface area contributed by atoms with Gasteiger partial charge in [0.1, 0.15) is 5.75 Å². The van der Waals surface area contributed by atoms with Crippen molar-refractivity contribution in [1.29, 1.82) is 0 Å². The third-order valence-electron chi connectivity index (χ3n) is 5.19. The highest BCUT2D eigenvalue weighted by Crippen LogP contribution is 2.44. The van der Waals surface area contributed by atoms with E-state index in [1.54, 1.807) is 0 Å². The summed E-state index contributed by atoms with van der Waals surface area (Å²) in [7, 11) is -2.20. The number of benzene rings is 1. The van der Waals surface area contributed by atoms with Gasteiger partial charge in [0.2, 0.25) is 10.0 Å². The summed E-state index contributed by atoms with van der Waals surface area (Å²) in [6.45, 7) is 3.70. The molecule has 0 spiro atoms. The molecular weight excluding hydrogens is 340 g/mol. The van der Waals surface area contributed by atoms with Crippen LogP contribution in [0.4, 0.5) is 0 Å². The van der Waals surface area contributed by atoms with Gasteiger partial charge in [-0.25, -0.2) is 13.1 Å². The van der Waals surface area contributed by atoms with Gasteiger partial charge in [0.15, 0.2) is 0 Å². The quantitative estimate of drug-likeness (QED) is 0.809. The first kappa shape index (κ1) is 18.2. The number of fused-ring (bicyclic) bond motifs is 2. The van der Waals surface area contributed by atoms with Crippen molar-refractivity contribution in [3.63, 3.8) is 0 Å². The molecule has 2 N–H and O–H groups in total. The number of hydrogen-bond donors (Lipinski definition) is 2. The van der Waals surface area contributed by atoms with Gasteiger partial charge in [0, 0.05) is 12.1 Å². The first-order valence-corrected chi connectivity index (χ1v) is 10.3. The van der Waals surface area contributed by atoms with E-state index in [1.807, 2.05) is 13.8 Å². The molecule has 1 aromatic rings. The summed E-state index contributed by atoms with van der Waals surface area (Å²) < 4.78 is 33.6. The van der Waals surface area contributed by atoms with Crippen LogP contribution < -0.4 is 14.8 Å². The summed E-state index contributed by atoms with van der Waals surface area (Å²) in [6, 6.07) is 4.38. The number of ether oxygens (including phenoxy) is 1. The molecule has 2 bridgehead atoms. The zero-order valence-electron chi connectivity index (χ0n) is 14.9. The maximum Gasteiger partial charge on any atom is 0.255 e. The molecule has 0 radical (unpaired) electrons. The van der Waals surface area contributed by atoms with Crippen molar-refractivity contribution in [1.82, 2.24) is 10.0 Å². The molecule has 0 aromatic heterocycles. The average Bonchev–Trinajstić information content (AvgIpc) is 3.15. The normalized spacial score (nSPS) is 25.4. The topological polar surface area (TPSA) is 84.5 Å². The lowest BCUT2D eigenvalue weighted by atomic mass is 9.96. The first-order valence-electron chi connectivity index (χ1n) is 8.81. The third kappa shape index (κ3) is 3.82. The molecule has 2 saturated carbocycles. The van der Waals surface area contributed by atoms with Crippen molar-refractivity contribution in [3.05, 3.63) is 23.8 Å². The fraction of sp³-hybridized carbons (Fsp3) is 0.611. The molecule has 1 aromatic carbocycles. The molecule has 2 aliphatic carbocycles. The molecule has 3 atom stereocenters. The summed E-state index contributed by atoms with van der Waals surface area (Å²) in [6.07, 6.45) is 4.35. The highest BCUT2D eigenvalue weighted by atomic mass is 32.2. The van der Waals surface area contributed by atoms with E-state index in [2.05, 4.69) is 10.0 Å². The van der Waals surface area contributed by atoms with Gasteiger partial charge < -0.3 is 10.1 Å². The fourth-order valence-electron chi connectivity index (χ4n) is 4.03. The predicted octanol–water partition coefficient (Wildman–Crippen LogP) is 2.30. The van der Waals surface area contributed by atoms with Crippen LogP contribution in [0.3, 0.4) is 0 Å². The first-order chi connectivity index (χ1) is 11.8. The Balaban J connectivity index is 1.84. The Morgan fingerprint density at radius 2 is 2.00 bits per heavy atom. The van der Waals surface area contributed by atoms with Gasteiger partial charge in [-0.05, 0) is 63.1 Å². The van der Waals surface area contributed by atoms with Crippen LogP contribution in [0, 0.1) is 11.8 Å². The van der Waals surface area contributed by atoms with Crippen molar-refractivity contribution in [2.75, 3.05) is 7.11 Å². The molecule has 2 fully saturated rings. The molecule has 0 saturated heterocycles. The van der Waals surface area contributed by atoms with Gasteiger partial charge in [-0.1, -0.05) is 6.42 Å². The number of methoxy groups -OCH3 is 1. The Bertz CT molecular complexity index is 760. The van der Waals surface area contributed by atoms with E-state index >= 15 is 0 Å². The molecule has 2 aliphatic rings. The second kappa shape index (κ2) is 6.96. The van der Waals surface area contributed by atoms with Gasteiger partial charge >= 0.3 is 0 Å². The molecular formula is C18H26N2O4S. The minimum absolute atomic E-state index is 0.0128. The number of carbonyl (C=O) groups is 1. The minimum Gasteiger partial charge on any atom is -0.496 e. The largest absolute Gasteiger partial charge is 0.496 e. The van der Waals surface area contributed by atoms with Crippen LogP contribution in [-0.2, 0) is 10.0 Å². The Kier molecular flexibility index (Phi) is 5.06.